The van der Waals surface area contributed by atoms with Crippen molar-refractivity contribution in [2.45, 2.75) is 12.8 Å². The van der Waals surface area contributed by atoms with Crippen molar-refractivity contribution in [3.05, 3.63) is 95.0 Å². The summed E-state index contributed by atoms with van der Waals surface area (Å²) in [6.45, 7) is 0.450. The van der Waals surface area contributed by atoms with Crippen LogP contribution in [0.25, 0.3) is 33.5 Å². The molecule has 180 valence electrons. The van der Waals surface area contributed by atoms with E-state index in [1.54, 1.807) is 30.3 Å². The van der Waals surface area contributed by atoms with Crippen LogP contribution in [0.3, 0.4) is 0 Å². The number of fused-ring (bicyclic) bond motifs is 1. The molecule has 0 aliphatic heterocycles. The number of aromatic nitrogens is 5. The van der Waals surface area contributed by atoms with Gasteiger partial charge < -0.3 is 10.3 Å². The van der Waals surface area contributed by atoms with Crippen LogP contribution in [0.1, 0.15) is 22.6 Å². The molecule has 0 aliphatic rings. The molecule has 0 saturated heterocycles. The third kappa shape index (κ3) is 5.06. The van der Waals surface area contributed by atoms with Crippen molar-refractivity contribution in [2.75, 3.05) is 6.54 Å². The number of nitrogens with zero attached hydrogens (tertiary/aromatic N) is 4. The Kier molecular flexibility index (Phi) is 6.64. The van der Waals surface area contributed by atoms with Crippen molar-refractivity contribution in [1.29, 1.82) is 0 Å². The zero-order chi connectivity index (χ0) is 25.1. The number of amides is 1. The first-order valence-electron chi connectivity index (χ1n) is 11.1. The molecule has 7 nitrogen and oxygen atoms in total. The lowest BCUT2D eigenvalue weighted by Gasteiger charge is -2.12. The zero-order valence-corrected chi connectivity index (χ0v) is 19.6. The van der Waals surface area contributed by atoms with Crippen molar-refractivity contribution in [1.82, 2.24) is 30.5 Å². The van der Waals surface area contributed by atoms with Crippen molar-refractivity contribution in [3.63, 3.8) is 0 Å². The molecule has 0 spiro atoms. The molecule has 0 bridgehead atoms. The van der Waals surface area contributed by atoms with E-state index in [9.17, 15) is 13.6 Å². The van der Waals surface area contributed by atoms with E-state index in [1.165, 1.54) is 36.7 Å². The van der Waals surface area contributed by atoms with Crippen molar-refractivity contribution in [2.24, 2.45) is 0 Å². The van der Waals surface area contributed by atoms with Crippen molar-refractivity contribution < 1.29 is 13.6 Å². The molecule has 0 radical (unpaired) electrons. The van der Waals surface area contributed by atoms with Crippen LogP contribution in [0.2, 0.25) is 5.02 Å². The van der Waals surface area contributed by atoms with Crippen LogP contribution < -0.4 is 5.32 Å². The number of hydrogen-bond donors (Lipinski definition) is 2. The summed E-state index contributed by atoms with van der Waals surface area (Å²) in [6, 6.07) is 14.8. The Morgan fingerprint density at radius 3 is 2.53 bits per heavy atom. The normalized spacial score (nSPS) is 11.1. The van der Waals surface area contributed by atoms with Gasteiger partial charge in [-0.05, 0) is 67.1 Å². The Hall–Kier alpha value is -4.24. The quantitative estimate of drug-likeness (QED) is 0.290. The first kappa shape index (κ1) is 23.5. The Morgan fingerprint density at radius 1 is 0.944 bits per heavy atom. The molecule has 0 fully saturated rings. The van der Waals surface area contributed by atoms with Crippen LogP contribution >= 0.6 is 11.6 Å². The molecular weight excluding hydrogens is 486 g/mol. The fourth-order valence-corrected chi connectivity index (χ4v) is 3.96. The molecule has 0 saturated carbocycles. The summed E-state index contributed by atoms with van der Waals surface area (Å²) in [7, 11) is 0. The van der Waals surface area contributed by atoms with Gasteiger partial charge in [-0.25, -0.2) is 18.7 Å². The van der Waals surface area contributed by atoms with E-state index in [1.807, 2.05) is 0 Å². The molecule has 0 unspecified atom stereocenters. The molecule has 1 amide bonds. The monoisotopic (exact) mass is 504 g/mol. The topological polar surface area (TPSA) is 96.5 Å². The Morgan fingerprint density at radius 2 is 1.75 bits per heavy atom. The first-order valence-corrected chi connectivity index (χ1v) is 11.5. The van der Waals surface area contributed by atoms with E-state index in [0.29, 0.717) is 52.3 Å². The van der Waals surface area contributed by atoms with Gasteiger partial charge in [0, 0.05) is 34.7 Å². The molecule has 5 aromatic rings. The van der Waals surface area contributed by atoms with Crippen molar-refractivity contribution in [3.8, 4) is 22.5 Å². The van der Waals surface area contributed by atoms with Gasteiger partial charge in [-0.3, -0.25) is 4.79 Å². The van der Waals surface area contributed by atoms with E-state index < -0.39 is 11.6 Å². The molecule has 0 atom stereocenters. The highest BCUT2D eigenvalue weighted by atomic mass is 35.5. The summed E-state index contributed by atoms with van der Waals surface area (Å²) in [5.41, 5.74) is 2.62. The summed E-state index contributed by atoms with van der Waals surface area (Å²) in [5.74, 6) is -0.450. The SMILES string of the molecule is O=C(NCCCc1nnc[nH]1)c1ccc2nc(-c3ccc(F)cc3)c(-c3cc(Cl)ccc3F)nc2c1. The lowest BCUT2D eigenvalue weighted by Crippen LogP contribution is -2.24. The number of nitrogens with one attached hydrogen (secondary N) is 2. The van der Waals surface area contributed by atoms with Gasteiger partial charge in [-0.15, -0.1) is 10.2 Å². The number of rotatable bonds is 7. The minimum Gasteiger partial charge on any atom is -0.352 e. The number of aromatic amines is 1. The summed E-state index contributed by atoms with van der Waals surface area (Å²) in [6.07, 6.45) is 2.85. The molecular formula is C26H19ClF2N6O. The second-order valence-corrected chi connectivity index (χ2v) is 8.49. The zero-order valence-electron chi connectivity index (χ0n) is 18.8. The van der Waals surface area contributed by atoms with Crippen LogP contribution in [0.15, 0.2) is 67.0 Å². The fraction of sp³-hybridized carbons (Fsp3) is 0.115. The van der Waals surface area contributed by atoms with E-state index in [4.69, 9.17) is 11.6 Å². The molecule has 3 aromatic carbocycles. The maximum atomic E-state index is 14.8. The number of aryl methyl sites for hydroxylation is 1. The van der Waals surface area contributed by atoms with E-state index in [-0.39, 0.29) is 17.2 Å². The van der Waals surface area contributed by atoms with E-state index in [0.717, 1.165) is 5.82 Å². The Labute approximate surface area is 209 Å². The Balaban J connectivity index is 1.49. The number of hydrogen-bond acceptors (Lipinski definition) is 5. The number of halogens is 3. The van der Waals surface area contributed by atoms with Gasteiger partial charge in [0.15, 0.2) is 0 Å². The lowest BCUT2D eigenvalue weighted by molar-refractivity contribution is 0.0953. The standard InChI is InChI=1S/C26H19ClF2N6O/c27-17-6-9-20(29)19(13-17)25-24(15-3-7-18(28)8-4-15)33-21-10-5-16(12-22(21)34-25)26(36)30-11-1-2-23-31-14-32-35-23/h3-10,12-14H,1-2,11H2,(H,30,36)(H,31,32,35). The average molecular weight is 505 g/mol. The molecule has 0 aliphatic carbocycles. The largest absolute Gasteiger partial charge is 0.352 e. The second kappa shape index (κ2) is 10.2. The third-order valence-electron chi connectivity index (χ3n) is 5.57. The van der Waals surface area contributed by atoms with Crippen LogP contribution in [0.4, 0.5) is 8.78 Å². The fourth-order valence-electron chi connectivity index (χ4n) is 3.78. The molecule has 2 aromatic heterocycles. The van der Waals surface area contributed by atoms with Gasteiger partial charge in [0.2, 0.25) is 0 Å². The van der Waals surface area contributed by atoms with Gasteiger partial charge in [0.05, 0.1) is 16.7 Å². The van der Waals surface area contributed by atoms with E-state index >= 15 is 0 Å². The third-order valence-corrected chi connectivity index (χ3v) is 5.81. The molecule has 10 heteroatoms. The second-order valence-electron chi connectivity index (χ2n) is 8.05. The highest BCUT2D eigenvalue weighted by Gasteiger charge is 2.18. The van der Waals surface area contributed by atoms with Gasteiger partial charge >= 0.3 is 0 Å². The maximum Gasteiger partial charge on any atom is 0.251 e. The summed E-state index contributed by atoms with van der Waals surface area (Å²) in [5, 5.41) is 10.8. The highest BCUT2D eigenvalue weighted by Crippen LogP contribution is 2.34. The van der Waals surface area contributed by atoms with Gasteiger partial charge in [0.1, 0.15) is 29.5 Å². The summed E-state index contributed by atoms with van der Waals surface area (Å²) in [4.78, 5) is 25.0. The van der Waals surface area contributed by atoms with Gasteiger partial charge in [-0.1, -0.05) is 11.6 Å². The lowest BCUT2D eigenvalue weighted by atomic mass is 10.0. The van der Waals surface area contributed by atoms with Crippen LogP contribution in [0.5, 0.6) is 0 Å². The van der Waals surface area contributed by atoms with Gasteiger partial charge in [-0.2, -0.15) is 0 Å². The first-order chi connectivity index (χ1) is 17.5. The van der Waals surface area contributed by atoms with E-state index in [2.05, 4.69) is 30.5 Å². The van der Waals surface area contributed by atoms with Crippen LogP contribution in [0, 0.1) is 11.6 Å². The molecule has 36 heavy (non-hydrogen) atoms. The number of carbonyl (C=O) groups is 1. The highest BCUT2D eigenvalue weighted by molar-refractivity contribution is 6.30. The molecule has 5 rings (SSSR count). The minimum atomic E-state index is -0.530. The predicted octanol–water partition coefficient (Wildman–Crippen LogP) is 5.38. The smallest absolute Gasteiger partial charge is 0.251 e. The summed E-state index contributed by atoms with van der Waals surface area (Å²) >= 11 is 6.14. The predicted molar refractivity (Wildman–Crippen MR) is 132 cm³/mol. The minimum absolute atomic E-state index is 0.151. The summed E-state index contributed by atoms with van der Waals surface area (Å²) < 4.78 is 28.4. The van der Waals surface area contributed by atoms with Gasteiger partial charge in [0.25, 0.3) is 5.91 Å². The maximum absolute atomic E-state index is 14.8. The Bertz CT molecular complexity index is 1540. The van der Waals surface area contributed by atoms with Crippen LogP contribution in [-0.2, 0) is 6.42 Å². The van der Waals surface area contributed by atoms with Crippen molar-refractivity contribution >= 4 is 28.5 Å². The average Bonchev–Trinajstić information content (AvgIpc) is 3.41. The number of benzene rings is 3. The molecule has 2 N–H and O–H groups in total. The van der Waals surface area contributed by atoms with Crippen LogP contribution in [-0.4, -0.2) is 37.6 Å². The number of H-pyrrole nitrogens is 1. The molecule has 2 heterocycles. The number of carbonyl (C=O) groups excluding carboxylic acids is 1.